The van der Waals surface area contributed by atoms with E-state index in [0.717, 1.165) is 11.8 Å². The number of methoxy groups -OCH3 is 1. The Hall–Kier alpha value is -0.770. The third kappa shape index (κ3) is 3.70. The van der Waals surface area contributed by atoms with Crippen LogP contribution in [0, 0.1) is 23.2 Å². The molecule has 0 saturated heterocycles. The van der Waals surface area contributed by atoms with Crippen molar-refractivity contribution < 1.29 is 13.2 Å². The molecule has 1 fully saturated rings. The molecule has 2 aliphatic rings. The first kappa shape index (κ1) is 20.5. The highest BCUT2D eigenvalue weighted by molar-refractivity contribution is 7.96. The van der Waals surface area contributed by atoms with Crippen molar-refractivity contribution in [1.82, 2.24) is 0 Å². The summed E-state index contributed by atoms with van der Waals surface area (Å²) in [5.41, 5.74) is 1.82. The number of ether oxygens (including phenoxy) is 1. The molecule has 2 aliphatic carbocycles. The summed E-state index contributed by atoms with van der Waals surface area (Å²) in [5.74, 6) is 1.88. The van der Waals surface area contributed by atoms with E-state index in [2.05, 4.69) is 26.8 Å². The number of allylic oxidation sites excluding steroid dienone is 3. The molecule has 3 nitrogen and oxygen atoms in total. The van der Waals surface area contributed by atoms with Crippen molar-refractivity contribution in [1.29, 1.82) is 0 Å². The molecule has 144 valence electrons. The first-order chi connectivity index (χ1) is 11.4. The van der Waals surface area contributed by atoms with Crippen LogP contribution in [0.3, 0.4) is 0 Å². The van der Waals surface area contributed by atoms with E-state index in [1.54, 1.807) is 26.8 Å². The predicted molar refractivity (Wildman–Crippen MR) is 105 cm³/mol. The van der Waals surface area contributed by atoms with Gasteiger partial charge in [0.2, 0.25) is 14.9 Å². The summed E-state index contributed by atoms with van der Waals surface area (Å²) in [7, 11) is -1.98. The largest absolute Gasteiger partial charge is 0.487 e. The molecule has 0 N–H and O–H groups in total. The second kappa shape index (κ2) is 7.09. The van der Waals surface area contributed by atoms with Gasteiger partial charge < -0.3 is 4.74 Å². The molecular formula is C21H36O3S. The van der Waals surface area contributed by atoms with Crippen molar-refractivity contribution in [2.24, 2.45) is 23.2 Å². The van der Waals surface area contributed by atoms with Gasteiger partial charge in [-0.25, -0.2) is 8.42 Å². The molecule has 25 heavy (non-hydrogen) atoms. The Morgan fingerprint density at radius 2 is 2.08 bits per heavy atom. The molecule has 4 heteroatoms. The minimum absolute atomic E-state index is 0.115. The number of hydrogen-bond donors (Lipinski definition) is 0. The molecule has 0 aromatic rings. The second-order valence-corrected chi connectivity index (χ2v) is 11.9. The molecule has 0 bridgehead atoms. The fourth-order valence-electron chi connectivity index (χ4n) is 4.91. The van der Waals surface area contributed by atoms with E-state index in [4.69, 9.17) is 4.74 Å². The molecule has 0 aromatic carbocycles. The minimum Gasteiger partial charge on any atom is -0.487 e. The van der Waals surface area contributed by atoms with Crippen molar-refractivity contribution in [3.63, 3.8) is 0 Å². The zero-order chi connectivity index (χ0) is 19.0. The van der Waals surface area contributed by atoms with Gasteiger partial charge in [0.1, 0.15) is 0 Å². The van der Waals surface area contributed by atoms with E-state index in [1.165, 1.54) is 38.4 Å². The number of hydrogen-bond acceptors (Lipinski definition) is 3. The van der Waals surface area contributed by atoms with Crippen LogP contribution in [0.5, 0.6) is 0 Å². The molecule has 0 aliphatic heterocycles. The van der Waals surface area contributed by atoms with E-state index in [-0.39, 0.29) is 5.09 Å². The van der Waals surface area contributed by atoms with Gasteiger partial charge in [0.15, 0.2) is 0 Å². The molecule has 0 amide bonds. The Labute approximate surface area is 154 Å². The van der Waals surface area contributed by atoms with Gasteiger partial charge in [-0.05, 0) is 69.3 Å². The zero-order valence-electron chi connectivity index (χ0n) is 17.1. The molecule has 0 spiro atoms. The Kier molecular flexibility index (Phi) is 5.83. The van der Waals surface area contributed by atoms with Crippen LogP contribution in [0.25, 0.3) is 0 Å². The summed E-state index contributed by atoms with van der Waals surface area (Å²) in [6.07, 6.45) is 10.0. The normalized spacial score (nSPS) is 32.1. The SMILES string of the molecule is CO/C(=C\C[C@@H](C)C1=CC[C@H]2[C@@H](C)CCC[C@]12C)S(=O)(=O)C(C)(C)C. The van der Waals surface area contributed by atoms with Crippen molar-refractivity contribution in [3.8, 4) is 0 Å². The van der Waals surface area contributed by atoms with Gasteiger partial charge in [0, 0.05) is 0 Å². The monoisotopic (exact) mass is 368 g/mol. The average molecular weight is 369 g/mol. The van der Waals surface area contributed by atoms with Crippen LogP contribution in [-0.2, 0) is 14.6 Å². The van der Waals surface area contributed by atoms with Gasteiger partial charge in [0.25, 0.3) is 0 Å². The third-order valence-corrected chi connectivity index (χ3v) is 9.03. The highest BCUT2D eigenvalue weighted by Crippen LogP contribution is 2.56. The Morgan fingerprint density at radius 3 is 2.64 bits per heavy atom. The zero-order valence-corrected chi connectivity index (χ0v) is 17.9. The maximum absolute atomic E-state index is 12.6. The molecule has 2 rings (SSSR count). The molecule has 1 saturated carbocycles. The summed E-state index contributed by atoms with van der Waals surface area (Å²) in [4.78, 5) is 0. The van der Waals surface area contributed by atoms with Crippen LogP contribution in [0.1, 0.15) is 73.6 Å². The van der Waals surface area contributed by atoms with E-state index in [0.29, 0.717) is 17.8 Å². The third-order valence-electron chi connectivity index (χ3n) is 6.55. The number of sulfone groups is 1. The Balaban J connectivity index is 2.18. The van der Waals surface area contributed by atoms with Crippen molar-refractivity contribution in [3.05, 3.63) is 22.8 Å². The molecule has 0 unspecified atom stereocenters. The van der Waals surface area contributed by atoms with Crippen LogP contribution in [0.4, 0.5) is 0 Å². The van der Waals surface area contributed by atoms with Gasteiger partial charge in [-0.1, -0.05) is 45.3 Å². The lowest BCUT2D eigenvalue weighted by molar-refractivity contribution is 0.111. The molecule has 4 atom stereocenters. The van der Waals surface area contributed by atoms with Crippen molar-refractivity contribution >= 4 is 9.84 Å². The molecule has 0 radical (unpaired) electrons. The maximum atomic E-state index is 12.6. The van der Waals surface area contributed by atoms with E-state index < -0.39 is 14.6 Å². The van der Waals surface area contributed by atoms with Gasteiger partial charge in [-0.3, -0.25) is 0 Å². The summed E-state index contributed by atoms with van der Waals surface area (Å²) >= 11 is 0. The first-order valence-electron chi connectivity index (χ1n) is 9.64. The highest BCUT2D eigenvalue weighted by atomic mass is 32.2. The van der Waals surface area contributed by atoms with Crippen LogP contribution >= 0.6 is 0 Å². The predicted octanol–water partition coefficient (Wildman–Crippen LogP) is 5.49. The second-order valence-electron chi connectivity index (χ2n) is 9.27. The smallest absolute Gasteiger partial charge is 0.215 e. The molecule has 0 heterocycles. The average Bonchev–Trinajstić information content (AvgIpc) is 2.84. The summed E-state index contributed by atoms with van der Waals surface area (Å²) in [6.45, 7) is 12.2. The topological polar surface area (TPSA) is 43.4 Å². The number of fused-ring (bicyclic) bond motifs is 1. The van der Waals surface area contributed by atoms with Crippen molar-refractivity contribution in [2.45, 2.75) is 78.4 Å². The molecule has 0 aromatic heterocycles. The van der Waals surface area contributed by atoms with Gasteiger partial charge in [-0.2, -0.15) is 0 Å². The fraction of sp³-hybridized carbons (Fsp3) is 0.810. The van der Waals surface area contributed by atoms with Gasteiger partial charge in [0.05, 0.1) is 11.9 Å². The van der Waals surface area contributed by atoms with Crippen LogP contribution in [0.15, 0.2) is 22.8 Å². The Morgan fingerprint density at radius 1 is 1.44 bits per heavy atom. The Bertz CT molecular complexity index is 651. The van der Waals surface area contributed by atoms with Crippen LogP contribution < -0.4 is 0 Å². The van der Waals surface area contributed by atoms with E-state index >= 15 is 0 Å². The van der Waals surface area contributed by atoms with E-state index in [1.807, 2.05) is 0 Å². The lowest BCUT2D eigenvalue weighted by Gasteiger charge is -2.44. The van der Waals surface area contributed by atoms with Gasteiger partial charge >= 0.3 is 0 Å². The summed E-state index contributed by atoms with van der Waals surface area (Å²) in [6, 6.07) is 0. The fourth-order valence-corrected chi connectivity index (χ4v) is 6.05. The standard InChI is InChI=1S/C21H36O3S/c1-15-9-8-14-21(6)17(15)11-12-18(21)16(2)10-13-19(24-7)25(22,23)20(3,4)5/h12-13,15-17H,8-11,14H2,1-7H3/b19-13+/t15-,16+,17-,21-/m0/s1. The first-order valence-corrected chi connectivity index (χ1v) is 11.1. The minimum atomic E-state index is -3.44. The quantitative estimate of drug-likeness (QED) is 0.476. The van der Waals surface area contributed by atoms with Crippen molar-refractivity contribution in [2.75, 3.05) is 7.11 Å². The van der Waals surface area contributed by atoms with Crippen LogP contribution in [0.2, 0.25) is 0 Å². The van der Waals surface area contributed by atoms with E-state index in [9.17, 15) is 8.42 Å². The highest BCUT2D eigenvalue weighted by Gasteiger charge is 2.46. The summed E-state index contributed by atoms with van der Waals surface area (Å²) < 4.78 is 29.7. The maximum Gasteiger partial charge on any atom is 0.215 e. The number of rotatable bonds is 5. The van der Waals surface area contributed by atoms with Crippen LogP contribution in [-0.4, -0.2) is 20.3 Å². The lowest BCUT2D eigenvalue weighted by Crippen LogP contribution is -2.35. The molecular weight excluding hydrogens is 332 g/mol. The van der Waals surface area contributed by atoms with Gasteiger partial charge in [-0.15, -0.1) is 0 Å². The lowest BCUT2D eigenvalue weighted by atomic mass is 9.60. The summed E-state index contributed by atoms with van der Waals surface area (Å²) in [5, 5.41) is 0.115.